The number of benzene rings is 1. The molecule has 0 saturated carbocycles. The van der Waals surface area contributed by atoms with Crippen LogP contribution < -0.4 is 4.74 Å². The van der Waals surface area contributed by atoms with Crippen molar-refractivity contribution < 1.29 is 4.74 Å². The number of thiazole rings is 1. The molecule has 0 fully saturated rings. The molecule has 0 spiro atoms. The fourth-order valence-electron chi connectivity index (χ4n) is 1.74. The Kier molecular flexibility index (Phi) is 4.74. The topological polar surface area (TPSA) is 22.1 Å². The van der Waals surface area contributed by atoms with E-state index < -0.39 is 0 Å². The van der Waals surface area contributed by atoms with Crippen LogP contribution in [0.2, 0.25) is 0 Å². The molecule has 0 amide bonds. The summed E-state index contributed by atoms with van der Waals surface area (Å²) in [6, 6.07) is 8.03. The van der Waals surface area contributed by atoms with Crippen molar-refractivity contribution in [3.8, 4) is 5.75 Å². The molecule has 3 heteroatoms. The highest BCUT2D eigenvalue weighted by Gasteiger charge is 2.02. The van der Waals surface area contributed by atoms with Crippen LogP contribution in [-0.2, 0) is 6.42 Å². The van der Waals surface area contributed by atoms with E-state index in [1.54, 1.807) is 18.4 Å². The van der Waals surface area contributed by atoms with Crippen molar-refractivity contribution in [3.05, 3.63) is 45.9 Å². The van der Waals surface area contributed by atoms with Gasteiger partial charge in [0.15, 0.2) is 0 Å². The van der Waals surface area contributed by atoms with E-state index >= 15 is 0 Å². The number of rotatable bonds is 5. The Balaban J connectivity index is 2.02. The highest BCUT2D eigenvalue weighted by molar-refractivity contribution is 7.12. The number of nitrogens with zero attached hydrogens (tertiary/aromatic N) is 1. The lowest BCUT2D eigenvalue weighted by molar-refractivity contribution is 0.415. The smallest absolute Gasteiger partial charge is 0.118 e. The van der Waals surface area contributed by atoms with Crippen molar-refractivity contribution in [1.82, 2.24) is 4.98 Å². The Bertz CT molecular complexity index is 540. The molecule has 1 heterocycles. The maximum Gasteiger partial charge on any atom is 0.118 e. The van der Waals surface area contributed by atoms with Crippen LogP contribution in [0, 0.1) is 5.92 Å². The maximum absolute atomic E-state index is 5.14. The molecule has 100 valence electrons. The molecular formula is C16H19NOS. The van der Waals surface area contributed by atoms with Crippen LogP contribution in [0.4, 0.5) is 0 Å². The van der Waals surface area contributed by atoms with Gasteiger partial charge in [-0.15, -0.1) is 11.3 Å². The molecule has 0 unspecified atom stereocenters. The minimum atomic E-state index is 0.657. The molecule has 0 aliphatic heterocycles. The number of aromatic nitrogens is 1. The summed E-state index contributed by atoms with van der Waals surface area (Å²) in [6.45, 7) is 4.43. The van der Waals surface area contributed by atoms with Gasteiger partial charge in [0.05, 0.1) is 12.1 Å². The number of hydrogen-bond acceptors (Lipinski definition) is 3. The molecule has 2 rings (SSSR count). The molecule has 0 aliphatic rings. The van der Waals surface area contributed by atoms with Crippen molar-refractivity contribution >= 4 is 23.5 Å². The van der Waals surface area contributed by atoms with Crippen LogP contribution in [0.15, 0.2) is 30.5 Å². The van der Waals surface area contributed by atoms with Gasteiger partial charge in [-0.3, -0.25) is 0 Å². The third-order valence-corrected chi connectivity index (χ3v) is 3.70. The van der Waals surface area contributed by atoms with Gasteiger partial charge in [-0.1, -0.05) is 32.1 Å². The lowest BCUT2D eigenvalue weighted by Gasteiger charge is -1.98. The summed E-state index contributed by atoms with van der Waals surface area (Å²) in [7, 11) is 1.68. The molecule has 2 aromatic rings. The van der Waals surface area contributed by atoms with Gasteiger partial charge in [-0.2, -0.15) is 0 Å². The minimum Gasteiger partial charge on any atom is -0.497 e. The standard InChI is InChI=1S/C16H19NOS/c1-12(2)10-16-17-11-15(19-16)9-6-13-4-7-14(18-3)8-5-13/h4-9,11-12H,10H2,1-3H3/b9-6+. The van der Waals surface area contributed by atoms with E-state index in [-0.39, 0.29) is 0 Å². The minimum absolute atomic E-state index is 0.657. The first-order valence-electron chi connectivity index (χ1n) is 6.44. The largest absolute Gasteiger partial charge is 0.497 e. The summed E-state index contributed by atoms with van der Waals surface area (Å²) in [4.78, 5) is 5.64. The van der Waals surface area contributed by atoms with Crippen molar-refractivity contribution in [1.29, 1.82) is 0 Å². The molecular weight excluding hydrogens is 254 g/mol. The lowest BCUT2D eigenvalue weighted by atomic mass is 10.1. The first-order chi connectivity index (χ1) is 9.17. The summed E-state index contributed by atoms with van der Waals surface area (Å²) < 4.78 is 5.14. The Morgan fingerprint density at radius 3 is 2.58 bits per heavy atom. The van der Waals surface area contributed by atoms with Gasteiger partial charge in [0.1, 0.15) is 5.75 Å². The van der Waals surface area contributed by atoms with Crippen molar-refractivity contribution in [2.45, 2.75) is 20.3 Å². The third-order valence-electron chi connectivity index (χ3n) is 2.71. The Morgan fingerprint density at radius 1 is 1.21 bits per heavy atom. The predicted molar refractivity (Wildman–Crippen MR) is 82.6 cm³/mol. The fourth-order valence-corrected chi connectivity index (χ4v) is 2.77. The summed E-state index contributed by atoms with van der Waals surface area (Å²) in [5.74, 6) is 1.54. The predicted octanol–water partition coefficient (Wildman–Crippen LogP) is 4.52. The second-order valence-corrected chi connectivity index (χ2v) is 6.01. The second kappa shape index (κ2) is 6.53. The number of methoxy groups -OCH3 is 1. The Labute approximate surface area is 118 Å². The van der Waals surface area contributed by atoms with Gasteiger partial charge < -0.3 is 4.74 Å². The molecule has 1 aromatic carbocycles. The summed E-state index contributed by atoms with van der Waals surface area (Å²) in [5, 5.41) is 1.21. The molecule has 0 N–H and O–H groups in total. The monoisotopic (exact) mass is 273 g/mol. The van der Waals surface area contributed by atoms with Crippen LogP contribution in [0.25, 0.3) is 12.2 Å². The van der Waals surface area contributed by atoms with Gasteiger partial charge in [0.25, 0.3) is 0 Å². The molecule has 0 radical (unpaired) electrons. The fraction of sp³-hybridized carbons (Fsp3) is 0.312. The molecule has 1 aromatic heterocycles. The first-order valence-corrected chi connectivity index (χ1v) is 7.26. The van der Waals surface area contributed by atoms with E-state index in [9.17, 15) is 0 Å². The Morgan fingerprint density at radius 2 is 1.95 bits per heavy atom. The normalized spacial score (nSPS) is 11.4. The zero-order chi connectivity index (χ0) is 13.7. The second-order valence-electron chi connectivity index (χ2n) is 4.86. The van der Waals surface area contributed by atoms with Crippen molar-refractivity contribution in [3.63, 3.8) is 0 Å². The molecule has 0 bridgehead atoms. The van der Waals surface area contributed by atoms with E-state index in [1.807, 2.05) is 30.5 Å². The molecule has 2 nitrogen and oxygen atoms in total. The van der Waals surface area contributed by atoms with Gasteiger partial charge in [0, 0.05) is 17.5 Å². The van der Waals surface area contributed by atoms with E-state index in [0.717, 1.165) is 12.2 Å². The zero-order valence-electron chi connectivity index (χ0n) is 11.6. The average Bonchev–Trinajstić information content (AvgIpc) is 2.84. The van der Waals surface area contributed by atoms with Gasteiger partial charge in [-0.25, -0.2) is 4.98 Å². The number of ether oxygens (including phenoxy) is 1. The number of hydrogen-bond donors (Lipinski definition) is 0. The van der Waals surface area contributed by atoms with Crippen LogP contribution in [-0.4, -0.2) is 12.1 Å². The molecule has 0 atom stereocenters. The van der Waals surface area contributed by atoms with E-state index in [2.05, 4.69) is 31.0 Å². The SMILES string of the molecule is COc1ccc(/C=C/c2cnc(CC(C)C)s2)cc1. The lowest BCUT2D eigenvalue weighted by Crippen LogP contribution is -1.91. The average molecular weight is 273 g/mol. The Hall–Kier alpha value is -1.61. The van der Waals surface area contributed by atoms with E-state index in [4.69, 9.17) is 4.74 Å². The summed E-state index contributed by atoms with van der Waals surface area (Å²) in [6.07, 6.45) is 7.22. The summed E-state index contributed by atoms with van der Waals surface area (Å²) in [5.41, 5.74) is 1.17. The quantitative estimate of drug-likeness (QED) is 0.799. The van der Waals surface area contributed by atoms with E-state index in [1.165, 1.54) is 15.4 Å². The first kappa shape index (κ1) is 13.8. The zero-order valence-corrected chi connectivity index (χ0v) is 12.4. The maximum atomic E-state index is 5.14. The van der Waals surface area contributed by atoms with Crippen LogP contribution in [0.3, 0.4) is 0 Å². The van der Waals surface area contributed by atoms with Gasteiger partial charge >= 0.3 is 0 Å². The van der Waals surface area contributed by atoms with E-state index in [0.29, 0.717) is 5.92 Å². The summed E-state index contributed by atoms with van der Waals surface area (Å²) >= 11 is 1.77. The highest BCUT2D eigenvalue weighted by Crippen LogP contribution is 2.19. The van der Waals surface area contributed by atoms with Crippen LogP contribution >= 0.6 is 11.3 Å². The van der Waals surface area contributed by atoms with Crippen molar-refractivity contribution in [2.24, 2.45) is 5.92 Å². The van der Waals surface area contributed by atoms with Crippen molar-refractivity contribution in [2.75, 3.05) is 7.11 Å². The highest BCUT2D eigenvalue weighted by atomic mass is 32.1. The molecule has 19 heavy (non-hydrogen) atoms. The molecule has 0 aliphatic carbocycles. The van der Waals surface area contributed by atoms with Gasteiger partial charge in [0.2, 0.25) is 0 Å². The van der Waals surface area contributed by atoms with Crippen LogP contribution in [0.5, 0.6) is 5.75 Å². The third kappa shape index (κ3) is 4.21. The van der Waals surface area contributed by atoms with Gasteiger partial charge in [-0.05, 0) is 29.7 Å². The molecule has 0 saturated heterocycles. The van der Waals surface area contributed by atoms with Crippen LogP contribution in [0.1, 0.15) is 29.3 Å².